The molecule has 4 aliphatic carbocycles. The van der Waals surface area contributed by atoms with Gasteiger partial charge in [0.05, 0.1) is 11.8 Å². The van der Waals surface area contributed by atoms with Gasteiger partial charge in [0.15, 0.2) is 0 Å². The van der Waals surface area contributed by atoms with Gasteiger partial charge in [-0.2, -0.15) is 0 Å². The second-order valence-corrected chi connectivity index (χ2v) is 16.2. The van der Waals surface area contributed by atoms with Gasteiger partial charge < -0.3 is 9.47 Å². The van der Waals surface area contributed by atoms with Gasteiger partial charge in [0, 0.05) is 0 Å². The molecule has 4 nitrogen and oxygen atoms in total. The lowest BCUT2D eigenvalue weighted by Crippen LogP contribution is -2.26. The van der Waals surface area contributed by atoms with Gasteiger partial charge in [0.25, 0.3) is 0 Å². The highest BCUT2D eigenvalue weighted by Crippen LogP contribution is 2.51. The topological polar surface area (TPSA) is 52.6 Å². The van der Waals surface area contributed by atoms with Crippen molar-refractivity contribution in [1.29, 1.82) is 0 Å². The zero-order chi connectivity index (χ0) is 32.1. The van der Waals surface area contributed by atoms with Crippen LogP contribution in [0.2, 0.25) is 0 Å². The van der Waals surface area contributed by atoms with Crippen LogP contribution in [0, 0.1) is 52.8 Å². The predicted octanol–water partition coefficient (Wildman–Crippen LogP) is 10.9. The third-order valence-corrected chi connectivity index (χ3v) is 8.96. The Morgan fingerprint density at radius 3 is 1.32 bits per heavy atom. The zero-order valence-corrected chi connectivity index (χ0v) is 30.2. The molecule has 41 heavy (non-hydrogen) atoms. The summed E-state index contributed by atoms with van der Waals surface area (Å²) >= 11 is 0. The fourth-order valence-electron chi connectivity index (χ4n) is 4.54. The molecule has 0 aromatic heterocycles. The number of carbonyl (C=O) groups excluding carboxylic acids is 2. The lowest BCUT2D eigenvalue weighted by Gasteiger charge is -2.20. The fourth-order valence-corrected chi connectivity index (χ4v) is 4.54. The first-order valence-corrected chi connectivity index (χ1v) is 17.1. The van der Waals surface area contributed by atoms with Crippen molar-refractivity contribution < 1.29 is 19.1 Å². The summed E-state index contributed by atoms with van der Waals surface area (Å²) in [4.78, 5) is 22.0. The van der Waals surface area contributed by atoms with E-state index in [0.717, 1.165) is 53.8 Å². The summed E-state index contributed by atoms with van der Waals surface area (Å²) in [6, 6.07) is 0. The summed E-state index contributed by atoms with van der Waals surface area (Å²) in [6.45, 7) is 31.6. The highest BCUT2D eigenvalue weighted by atomic mass is 16.6. The molecule has 0 radical (unpaired) electrons. The Labute approximate surface area is 256 Å². The molecule has 4 aliphatic rings. The molecule has 0 bridgehead atoms. The van der Waals surface area contributed by atoms with Crippen molar-refractivity contribution >= 4 is 11.9 Å². The summed E-state index contributed by atoms with van der Waals surface area (Å²) in [5.41, 5.74) is 0.404. The quantitative estimate of drug-likeness (QED) is 0.293. The van der Waals surface area contributed by atoms with Crippen molar-refractivity contribution in [2.75, 3.05) is 0 Å². The van der Waals surface area contributed by atoms with Gasteiger partial charge in [-0.3, -0.25) is 9.59 Å². The summed E-state index contributed by atoms with van der Waals surface area (Å²) in [6.07, 6.45) is 12.2. The molecule has 2 unspecified atom stereocenters. The van der Waals surface area contributed by atoms with Crippen LogP contribution >= 0.6 is 0 Å². The average Bonchev–Trinajstić information content (AvgIpc) is 3.76. The molecule has 4 heteroatoms. The van der Waals surface area contributed by atoms with Crippen LogP contribution in [0.4, 0.5) is 0 Å². The van der Waals surface area contributed by atoms with Crippen molar-refractivity contribution in [1.82, 2.24) is 0 Å². The molecule has 0 amide bonds. The number of carbonyl (C=O) groups is 2. The Morgan fingerprint density at radius 2 is 1.17 bits per heavy atom. The molecule has 0 aromatic rings. The van der Waals surface area contributed by atoms with Gasteiger partial charge in [-0.15, -0.1) is 0 Å². The first-order valence-electron chi connectivity index (χ1n) is 17.1. The zero-order valence-electron chi connectivity index (χ0n) is 30.2. The van der Waals surface area contributed by atoms with E-state index >= 15 is 0 Å². The highest BCUT2D eigenvalue weighted by molar-refractivity contribution is 5.72. The van der Waals surface area contributed by atoms with Gasteiger partial charge in [-0.1, -0.05) is 83.1 Å². The Balaban J connectivity index is 0.000000496. The molecule has 2 atom stereocenters. The number of hydrogen-bond donors (Lipinski definition) is 0. The summed E-state index contributed by atoms with van der Waals surface area (Å²) in [5.74, 6) is 5.84. The van der Waals surface area contributed by atoms with Crippen LogP contribution in [0.5, 0.6) is 0 Å². The molecule has 0 saturated heterocycles. The number of hydrogen-bond acceptors (Lipinski definition) is 4. The van der Waals surface area contributed by atoms with Crippen molar-refractivity contribution in [3.63, 3.8) is 0 Å². The van der Waals surface area contributed by atoms with Crippen LogP contribution in [-0.4, -0.2) is 23.6 Å². The van der Waals surface area contributed by atoms with Crippen molar-refractivity contribution in [3.05, 3.63) is 0 Å². The Kier molecular flexibility index (Phi) is 18.1. The van der Waals surface area contributed by atoms with Crippen LogP contribution in [-0.2, 0) is 19.1 Å². The highest BCUT2D eigenvalue weighted by Gasteiger charge is 2.39. The summed E-state index contributed by atoms with van der Waals surface area (Å²) in [7, 11) is 0. The molecule has 4 saturated carbocycles. The maximum Gasteiger partial charge on any atom is 0.308 e. The Morgan fingerprint density at radius 1 is 0.732 bits per heavy atom. The van der Waals surface area contributed by atoms with Crippen LogP contribution in [0.25, 0.3) is 0 Å². The summed E-state index contributed by atoms with van der Waals surface area (Å²) in [5, 5.41) is 0. The molecule has 4 rings (SSSR count). The van der Waals surface area contributed by atoms with Gasteiger partial charge in [-0.05, 0) is 119 Å². The van der Waals surface area contributed by atoms with E-state index in [9.17, 15) is 9.59 Å². The van der Waals surface area contributed by atoms with Crippen molar-refractivity contribution in [2.24, 2.45) is 52.8 Å². The standard InChI is InChI=1S/C9H16O2.C8H16O2.2C7H14.C6H12/c1-7(2)9(10)11-8-5-3-4-6-8;1-6(2)7(9)10-8(3,4)5;1-6(2)7(3)4-5-7;1-5(2)7-4-6(7)3;1-5(2)6-3-4-6/h7-8H,3-6H2,1-2H3;6H,1-5H3;6H,4-5H2,1-3H3;5-7H,4H2,1-3H3;5-6H,3-4H2,1-2H3. The first-order chi connectivity index (χ1) is 18.7. The molecule has 0 N–H and O–H groups in total. The van der Waals surface area contributed by atoms with E-state index in [1.54, 1.807) is 0 Å². The van der Waals surface area contributed by atoms with E-state index in [-0.39, 0.29) is 35.5 Å². The number of esters is 2. The second-order valence-electron chi connectivity index (χ2n) is 16.2. The van der Waals surface area contributed by atoms with Crippen molar-refractivity contribution in [2.45, 2.75) is 173 Å². The van der Waals surface area contributed by atoms with Crippen LogP contribution in [0.3, 0.4) is 0 Å². The van der Waals surface area contributed by atoms with E-state index in [2.05, 4.69) is 55.4 Å². The minimum Gasteiger partial charge on any atom is -0.462 e. The fraction of sp³-hybridized carbons (Fsp3) is 0.946. The largest absolute Gasteiger partial charge is 0.462 e. The van der Waals surface area contributed by atoms with E-state index in [4.69, 9.17) is 9.47 Å². The maximum atomic E-state index is 11.1. The minimum absolute atomic E-state index is 0.0237. The van der Waals surface area contributed by atoms with E-state index in [1.165, 1.54) is 44.9 Å². The molecular formula is C37H72O4. The molecule has 0 heterocycles. The normalized spacial score (nSPS) is 22.4. The average molecular weight is 581 g/mol. The monoisotopic (exact) mass is 581 g/mol. The number of rotatable bonds is 6. The van der Waals surface area contributed by atoms with Crippen LogP contribution in [0.1, 0.15) is 162 Å². The molecule has 0 aliphatic heterocycles. The number of ether oxygens (including phenoxy) is 2. The third kappa shape index (κ3) is 20.5. The predicted molar refractivity (Wildman–Crippen MR) is 176 cm³/mol. The molecule has 4 fully saturated rings. The lowest BCUT2D eigenvalue weighted by molar-refractivity contribution is -0.158. The van der Waals surface area contributed by atoms with Gasteiger partial charge >= 0.3 is 11.9 Å². The van der Waals surface area contributed by atoms with Gasteiger partial charge in [0.2, 0.25) is 0 Å². The molecule has 0 aromatic carbocycles. The van der Waals surface area contributed by atoms with E-state index < -0.39 is 0 Å². The van der Waals surface area contributed by atoms with E-state index in [1.807, 2.05) is 48.5 Å². The van der Waals surface area contributed by atoms with Gasteiger partial charge in [0.1, 0.15) is 11.7 Å². The first kappa shape index (κ1) is 39.9. The third-order valence-electron chi connectivity index (χ3n) is 8.96. The van der Waals surface area contributed by atoms with Gasteiger partial charge in [-0.25, -0.2) is 0 Å². The molecule has 0 spiro atoms. The minimum atomic E-state index is -0.346. The Hall–Kier alpha value is -1.06. The SMILES string of the molecule is CC(C)C(=O)OC(C)(C)C.CC(C)C(=O)OC1CCCC1.CC(C)C1(C)CC1.CC(C)C1CC1.CC(C)C1CC1C. The summed E-state index contributed by atoms with van der Waals surface area (Å²) < 4.78 is 10.3. The molecule has 244 valence electrons. The Bertz CT molecular complexity index is 714. The van der Waals surface area contributed by atoms with Crippen LogP contribution < -0.4 is 0 Å². The van der Waals surface area contributed by atoms with Crippen molar-refractivity contribution in [3.8, 4) is 0 Å². The molecular weight excluding hydrogens is 508 g/mol. The smallest absolute Gasteiger partial charge is 0.308 e. The maximum absolute atomic E-state index is 11.1. The second kappa shape index (κ2) is 18.6. The van der Waals surface area contributed by atoms with Crippen LogP contribution in [0.15, 0.2) is 0 Å². The lowest BCUT2D eigenvalue weighted by atomic mass is 9.95. The van der Waals surface area contributed by atoms with E-state index in [0.29, 0.717) is 0 Å².